The molecule has 0 radical (unpaired) electrons. The summed E-state index contributed by atoms with van der Waals surface area (Å²) in [6.45, 7) is 2.19. The van der Waals surface area contributed by atoms with Gasteiger partial charge in [-0.3, -0.25) is 9.59 Å². The largest absolute Gasteiger partial charge is 0.352 e. The van der Waals surface area contributed by atoms with E-state index in [0.29, 0.717) is 6.54 Å². The van der Waals surface area contributed by atoms with Crippen LogP contribution >= 0.6 is 0 Å². The van der Waals surface area contributed by atoms with E-state index in [1.54, 1.807) is 6.92 Å². The summed E-state index contributed by atoms with van der Waals surface area (Å²) in [4.78, 5) is 23.1. The molecule has 2 aromatic carbocycles. The van der Waals surface area contributed by atoms with Crippen LogP contribution in [0.5, 0.6) is 0 Å². The molecule has 22 heavy (non-hydrogen) atoms. The first-order chi connectivity index (χ1) is 10.6. The number of nitrogens with one attached hydrogen (secondary N) is 2. The Morgan fingerprint density at radius 2 is 1.82 bits per heavy atom. The number of carbonyl (C=O) groups excluding carboxylic acids is 2. The molecule has 0 heterocycles. The third-order valence-corrected chi connectivity index (χ3v) is 3.44. The summed E-state index contributed by atoms with van der Waals surface area (Å²) in [6.07, 6.45) is 0.233. The molecule has 1 atom stereocenters. The van der Waals surface area contributed by atoms with Crippen molar-refractivity contribution in [3.8, 4) is 0 Å². The van der Waals surface area contributed by atoms with Gasteiger partial charge in [0.15, 0.2) is 0 Å². The second-order valence-electron chi connectivity index (χ2n) is 5.29. The summed E-state index contributed by atoms with van der Waals surface area (Å²) in [7, 11) is 0. The second-order valence-corrected chi connectivity index (χ2v) is 5.29. The Kier molecular flexibility index (Phi) is 5.49. The van der Waals surface area contributed by atoms with Crippen molar-refractivity contribution in [2.24, 2.45) is 5.73 Å². The normalized spacial score (nSPS) is 11.9. The molecule has 5 heteroatoms. The standard InChI is InChI=1S/C17H21N3O2/c1-12(20-17(22)10-18)9-16(21)19-11-14-7-4-6-13-5-2-3-8-15(13)14/h2-8,12H,9-11,18H2,1H3,(H,19,21)(H,20,22). The molecule has 2 amide bonds. The van der Waals surface area contributed by atoms with Crippen molar-refractivity contribution in [3.05, 3.63) is 48.0 Å². The zero-order valence-corrected chi connectivity index (χ0v) is 12.6. The number of benzene rings is 2. The highest BCUT2D eigenvalue weighted by molar-refractivity contribution is 5.86. The molecule has 0 fully saturated rings. The predicted molar refractivity (Wildman–Crippen MR) is 87.1 cm³/mol. The van der Waals surface area contributed by atoms with Crippen LogP contribution in [0.25, 0.3) is 10.8 Å². The molecule has 2 aromatic rings. The van der Waals surface area contributed by atoms with E-state index < -0.39 is 0 Å². The lowest BCUT2D eigenvalue weighted by Gasteiger charge is -2.13. The summed E-state index contributed by atoms with van der Waals surface area (Å²) in [5.74, 6) is -0.355. The lowest BCUT2D eigenvalue weighted by atomic mass is 10.0. The van der Waals surface area contributed by atoms with Crippen molar-refractivity contribution >= 4 is 22.6 Å². The minimum Gasteiger partial charge on any atom is -0.352 e. The number of nitrogens with two attached hydrogens (primary N) is 1. The molecule has 0 aliphatic rings. The van der Waals surface area contributed by atoms with Crippen molar-refractivity contribution in [3.63, 3.8) is 0 Å². The molecule has 2 rings (SSSR count). The van der Waals surface area contributed by atoms with Crippen LogP contribution in [0.4, 0.5) is 0 Å². The van der Waals surface area contributed by atoms with Gasteiger partial charge in [0.2, 0.25) is 11.8 Å². The Balaban J connectivity index is 1.91. The quantitative estimate of drug-likeness (QED) is 0.752. The van der Waals surface area contributed by atoms with E-state index >= 15 is 0 Å². The van der Waals surface area contributed by atoms with Gasteiger partial charge in [0.25, 0.3) is 0 Å². The van der Waals surface area contributed by atoms with E-state index in [2.05, 4.69) is 10.6 Å². The Labute approximate surface area is 129 Å². The van der Waals surface area contributed by atoms with Gasteiger partial charge in [-0.25, -0.2) is 0 Å². The SMILES string of the molecule is CC(CC(=O)NCc1cccc2ccccc12)NC(=O)CN. The summed E-state index contributed by atoms with van der Waals surface area (Å²) in [5.41, 5.74) is 6.30. The highest BCUT2D eigenvalue weighted by Crippen LogP contribution is 2.18. The number of amides is 2. The van der Waals surface area contributed by atoms with Gasteiger partial charge in [-0.2, -0.15) is 0 Å². The zero-order valence-electron chi connectivity index (χ0n) is 12.6. The topological polar surface area (TPSA) is 84.2 Å². The third-order valence-electron chi connectivity index (χ3n) is 3.44. The fourth-order valence-electron chi connectivity index (χ4n) is 2.38. The van der Waals surface area contributed by atoms with E-state index in [9.17, 15) is 9.59 Å². The summed E-state index contributed by atoms with van der Waals surface area (Å²) < 4.78 is 0. The van der Waals surface area contributed by atoms with Crippen molar-refractivity contribution < 1.29 is 9.59 Å². The highest BCUT2D eigenvalue weighted by atomic mass is 16.2. The van der Waals surface area contributed by atoms with E-state index in [1.807, 2.05) is 42.5 Å². The van der Waals surface area contributed by atoms with Gasteiger partial charge in [-0.15, -0.1) is 0 Å². The van der Waals surface area contributed by atoms with Crippen LogP contribution in [-0.2, 0) is 16.1 Å². The number of fused-ring (bicyclic) bond motifs is 1. The molecule has 5 nitrogen and oxygen atoms in total. The molecule has 0 bridgehead atoms. The maximum Gasteiger partial charge on any atom is 0.233 e. The minimum atomic E-state index is -0.255. The lowest BCUT2D eigenvalue weighted by Crippen LogP contribution is -2.40. The maximum absolute atomic E-state index is 11.9. The van der Waals surface area contributed by atoms with Crippen LogP contribution in [0.3, 0.4) is 0 Å². The Bertz CT molecular complexity index is 665. The molecular formula is C17H21N3O2. The van der Waals surface area contributed by atoms with Crippen molar-refractivity contribution in [2.45, 2.75) is 25.9 Å². The van der Waals surface area contributed by atoms with E-state index in [4.69, 9.17) is 5.73 Å². The molecule has 0 saturated heterocycles. The fraction of sp³-hybridized carbons (Fsp3) is 0.294. The van der Waals surface area contributed by atoms with Gasteiger partial charge in [-0.1, -0.05) is 42.5 Å². The van der Waals surface area contributed by atoms with Gasteiger partial charge in [0, 0.05) is 19.0 Å². The predicted octanol–water partition coefficient (Wildman–Crippen LogP) is 1.31. The van der Waals surface area contributed by atoms with Crippen LogP contribution in [0.2, 0.25) is 0 Å². The van der Waals surface area contributed by atoms with Crippen LogP contribution in [0.15, 0.2) is 42.5 Å². The number of hydrogen-bond acceptors (Lipinski definition) is 3. The van der Waals surface area contributed by atoms with Gasteiger partial charge < -0.3 is 16.4 Å². The maximum atomic E-state index is 11.9. The summed E-state index contributed by atoms with van der Waals surface area (Å²) in [6, 6.07) is 13.9. The first-order valence-electron chi connectivity index (χ1n) is 7.33. The molecule has 1 unspecified atom stereocenters. The molecule has 0 spiro atoms. The average molecular weight is 299 g/mol. The van der Waals surface area contributed by atoms with Crippen LogP contribution in [0.1, 0.15) is 18.9 Å². The van der Waals surface area contributed by atoms with Crippen molar-refractivity contribution in [2.75, 3.05) is 6.54 Å². The van der Waals surface area contributed by atoms with E-state index in [-0.39, 0.29) is 30.8 Å². The number of hydrogen-bond donors (Lipinski definition) is 3. The summed E-state index contributed by atoms with van der Waals surface area (Å²) in [5, 5.41) is 7.84. The molecule has 0 aliphatic carbocycles. The van der Waals surface area contributed by atoms with Crippen molar-refractivity contribution in [1.82, 2.24) is 10.6 Å². The van der Waals surface area contributed by atoms with Crippen molar-refractivity contribution in [1.29, 1.82) is 0 Å². The van der Waals surface area contributed by atoms with Crippen LogP contribution in [0, 0.1) is 0 Å². The van der Waals surface area contributed by atoms with Gasteiger partial charge in [0.05, 0.1) is 6.54 Å². The minimum absolute atomic E-state index is 0.0675. The average Bonchev–Trinajstić information content (AvgIpc) is 2.52. The zero-order chi connectivity index (χ0) is 15.9. The first kappa shape index (κ1) is 16.0. The summed E-state index contributed by atoms with van der Waals surface area (Å²) >= 11 is 0. The Morgan fingerprint density at radius 1 is 1.09 bits per heavy atom. The second kappa shape index (κ2) is 7.56. The molecule has 0 saturated carbocycles. The highest BCUT2D eigenvalue weighted by Gasteiger charge is 2.11. The lowest BCUT2D eigenvalue weighted by molar-refractivity contribution is -0.122. The van der Waals surface area contributed by atoms with Gasteiger partial charge >= 0.3 is 0 Å². The Morgan fingerprint density at radius 3 is 2.59 bits per heavy atom. The third kappa shape index (κ3) is 4.30. The van der Waals surface area contributed by atoms with E-state index in [0.717, 1.165) is 16.3 Å². The van der Waals surface area contributed by atoms with Crippen LogP contribution < -0.4 is 16.4 Å². The Hall–Kier alpha value is -2.40. The molecular weight excluding hydrogens is 278 g/mol. The van der Waals surface area contributed by atoms with E-state index in [1.165, 1.54) is 0 Å². The molecule has 0 aromatic heterocycles. The molecule has 4 N–H and O–H groups in total. The van der Waals surface area contributed by atoms with Gasteiger partial charge in [0.1, 0.15) is 0 Å². The monoisotopic (exact) mass is 299 g/mol. The molecule has 116 valence electrons. The fourth-order valence-corrected chi connectivity index (χ4v) is 2.38. The van der Waals surface area contributed by atoms with Crippen LogP contribution in [-0.4, -0.2) is 24.4 Å². The smallest absolute Gasteiger partial charge is 0.233 e. The first-order valence-corrected chi connectivity index (χ1v) is 7.33. The van der Waals surface area contributed by atoms with Gasteiger partial charge in [-0.05, 0) is 23.3 Å². The number of rotatable bonds is 6. The molecule has 0 aliphatic heterocycles. The number of carbonyl (C=O) groups is 2.